The molecule has 0 aromatic heterocycles. The Morgan fingerprint density at radius 2 is 1.10 bits per heavy atom. The average Bonchev–Trinajstić information content (AvgIpc) is 2.90. The van der Waals surface area contributed by atoms with Crippen molar-refractivity contribution in [2.45, 2.75) is 145 Å². The number of phenolic OH excluding ortho intramolecular Hbond substituents is 2. The Bertz CT molecular complexity index is 1610. The number of hydrogen-bond donors (Lipinski definition) is 4. The van der Waals surface area contributed by atoms with Gasteiger partial charge < -0.3 is 20.3 Å². The van der Waals surface area contributed by atoms with Crippen molar-refractivity contribution in [3.63, 3.8) is 0 Å². The molecule has 0 saturated carbocycles. The van der Waals surface area contributed by atoms with Gasteiger partial charge in [0.2, 0.25) is 5.91 Å². The molecule has 0 spiro atoms. The number of phenols is 2. The topological polar surface area (TPSA) is 150 Å². The highest BCUT2D eigenvalue weighted by molar-refractivity contribution is 8.18. The van der Waals surface area contributed by atoms with Crippen LogP contribution in [-0.2, 0) is 46.1 Å². The number of amides is 1. The number of aromatic hydroxyl groups is 2. The fourth-order valence-corrected chi connectivity index (χ4v) is 8.35. The molecule has 0 atom stereocenters. The third-order valence-corrected chi connectivity index (χ3v) is 11.4. The van der Waals surface area contributed by atoms with Gasteiger partial charge in [-0.3, -0.25) is 14.1 Å². The second-order valence-electron chi connectivity index (χ2n) is 17.1. The molecule has 0 radical (unpaired) electrons. The summed E-state index contributed by atoms with van der Waals surface area (Å²) in [6.45, 7) is 27.0. The van der Waals surface area contributed by atoms with Gasteiger partial charge in [0.05, 0.1) is 22.9 Å². The van der Waals surface area contributed by atoms with Crippen molar-refractivity contribution in [2.24, 2.45) is 0 Å². The van der Waals surface area contributed by atoms with Crippen molar-refractivity contribution < 1.29 is 37.5 Å². The van der Waals surface area contributed by atoms with Crippen molar-refractivity contribution in [3.05, 3.63) is 46.5 Å². The summed E-state index contributed by atoms with van der Waals surface area (Å²) in [5.41, 5.74) is 1.98. The van der Waals surface area contributed by atoms with E-state index < -0.39 is 33.2 Å². The molecule has 1 amide bonds. The Labute approximate surface area is 308 Å². The Balaban J connectivity index is 2.29. The molecule has 0 aliphatic rings. The number of carbonyl (C=O) groups is 2. The molecule has 4 N–H and O–H groups in total. The van der Waals surface area contributed by atoms with E-state index in [4.69, 9.17) is 9.29 Å². The van der Waals surface area contributed by atoms with E-state index in [1.54, 1.807) is 23.5 Å². The molecule has 0 saturated heterocycles. The zero-order valence-corrected chi connectivity index (χ0v) is 34.6. The number of ether oxygens (including phenoxy) is 1. The highest BCUT2D eigenvalue weighted by Crippen LogP contribution is 2.51. The summed E-state index contributed by atoms with van der Waals surface area (Å²) in [6, 6.07) is 8.28. The van der Waals surface area contributed by atoms with Gasteiger partial charge in [0, 0.05) is 45.0 Å². The Kier molecular flexibility index (Phi) is 14.1. The average molecular weight is 754 g/mol. The lowest BCUT2D eigenvalue weighted by molar-refractivity contribution is -0.145. The smallest absolute Gasteiger partial charge is 0.306 e. The minimum Gasteiger partial charge on any atom is -0.507 e. The zero-order valence-electron chi connectivity index (χ0n) is 32.2. The molecular weight excluding hydrogens is 695 g/mol. The van der Waals surface area contributed by atoms with Gasteiger partial charge in [0.25, 0.3) is 10.1 Å². The largest absolute Gasteiger partial charge is 0.507 e. The predicted octanol–water partition coefficient (Wildman–Crippen LogP) is 8.61. The van der Waals surface area contributed by atoms with Crippen LogP contribution in [0.25, 0.3) is 0 Å². The molecule has 0 fully saturated rings. The SMILES string of the molecule is CC(C)(Sc1cc(C(C)(C)C)c(O)c(C(C)(C)C)c1)Sc1cc(C(C)(C)C)c(O)c(C(C)(C)CCOC(=O)CCC(=O)NCCS(=O)(=O)O)c1. The fraction of sp³-hybridized carbons (Fsp3) is 0.632. The zero-order chi connectivity index (χ0) is 38.7. The lowest BCUT2D eigenvalue weighted by Gasteiger charge is -2.32. The summed E-state index contributed by atoms with van der Waals surface area (Å²) in [6.07, 6.45) is 0.0724. The van der Waals surface area contributed by atoms with Gasteiger partial charge in [0.1, 0.15) is 11.5 Å². The van der Waals surface area contributed by atoms with Crippen LogP contribution in [0.1, 0.15) is 132 Å². The van der Waals surface area contributed by atoms with Crippen LogP contribution in [0.5, 0.6) is 11.5 Å². The van der Waals surface area contributed by atoms with Gasteiger partial charge >= 0.3 is 5.97 Å². The first-order valence-corrected chi connectivity index (χ1v) is 20.2. The van der Waals surface area contributed by atoms with E-state index in [9.17, 15) is 28.2 Å². The second-order valence-corrected chi connectivity index (χ2v) is 22.3. The van der Waals surface area contributed by atoms with Gasteiger partial charge in [0.15, 0.2) is 0 Å². The van der Waals surface area contributed by atoms with Crippen LogP contribution in [0.3, 0.4) is 0 Å². The van der Waals surface area contributed by atoms with E-state index in [-0.39, 0.29) is 52.1 Å². The predicted molar refractivity (Wildman–Crippen MR) is 205 cm³/mol. The third kappa shape index (κ3) is 13.3. The molecule has 0 aliphatic heterocycles. The quantitative estimate of drug-likeness (QED) is 0.0639. The molecule has 0 aliphatic carbocycles. The normalized spacial score (nSPS) is 13.3. The fourth-order valence-electron chi connectivity index (χ4n) is 5.40. The molecule has 2 aromatic carbocycles. The van der Waals surface area contributed by atoms with E-state index in [0.717, 1.165) is 32.0 Å². The highest BCUT2D eigenvalue weighted by atomic mass is 32.2. The molecule has 282 valence electrons. The first kappa shape index (κ1) is 43.8. The highest BCUT2D eigenvalue weighted by Gasteiger charge is 2.33. The Morgan fingerprint density at radius 1 is 0.700 bits per heavy atom. The molecule has 12 heteroatoms. The van der Waals surface area contributed by atoms with E-state index >= 15 is 0 Å². The number of benzene rings is 2. The van der Waals surface area contributed by atoms with Crippen molar-refractivity contribution in [1.29, 1.82) is 0 Å². The number of hydrogen-bond acceptors (Lipinski definition) is 9. The minimum atomic E-state index is -4.19. The van der Waals surface area contributed by atoms with E-state index in [0.29, 0.717) is 12.2 Å². The van der Waals surface area contributed by atoms with Crippen LogP contribution in [-0.4, -0.2) is 58.0 Å². The van der Waals surface area contributed by atoms with Gasteiger partial charge in [-0.2, -0.15) is 8.42 Å². The molecule has 0 bridgehead atoms. The first-order chi connectivity index (χ1) is 22.4. The molecule has 50 heavy (non-hydrogen) atoms. The van der Waals surface area contributed by atoms with Gasteiger partial charge in [-0.1, -0.05) is 76.2 Å². The lowest BCUT2D eigenvalue weighted by atomic mass is 9.77. The number of rotatable bonds is 14. The maximum Gasteiger partial charge on any atom is 0.306 e. The van der Waals surface area contributed by atoms with E-state index in [1.807, 2.05) is 19.9 Å². The summed E-state index contributed by atoms with van der Waals surface area (Å²) < 4.78 is 35.5. The van der Waals surface area contributed by atoms with E-state index in [2.05, 4.69) is 99.7 Å². The van der Waals surface area contributed by atoms with Gasteiger partial charge in [-0.05, 0) is 66.2 Å². The van der Waals surface area contributed by atoms with Crippen LogP contribution in [0, 0.1) is 0 Å². The third-order valence-electron chi connectivity index (χ3n) is 8.28. The van der Waals surface area contributed by atoms with Crippen LogP contribution in [0.15, 0.2) is 34.1 Å². The molecular formula is C38H59NO8S3. The first-order valence-electron chi connectivity index (χ1n) is 16.9. The van der Waals surface area contributed by atoms with Crippen LogP contribution < -0.4 is 5.32 Å². The van der Waals surface area contributed by atoms with Crippen LogP contribution in [0.2, 0.25) is 0 Å². The molecule has 0 heterocycles. The van der Waals surface area contributed by atoms with Crippen molar-refractivity contribution in [2.75, 3.05) is 18.9 Å². The number of carbonyl (C=O) groups excluding carboxylic acids is 2. The second kappa shape index (κ2) is 16.1. The molecule has 2 rings (SSSR count). The summed E-state index contributed by atoms with van der Waals surface area (Å²) >= 11 is 3.44. The number of thioether (sulfide) groups is 2. The Morgan fingerprint density at radius 3 is 1.50 bits per heavy atom. The number of esters is 1. The summed E-state index contributed by atoms with van der Waals surface area (Å²) in [5, 5.41) is 25.2. The van der Waals surface area contributed by atoms with Gasteiger partial charge in [-0.25, -0.2) is 0 Å². The molecule has 9 nitrogen and oxygen atoms in total. The maximum atomic E-state index is 12.4. The summed E-state index contributed by atoms with van der Waals surface area (Å²) in [5.74, 6) is -1.12. The monoisotopic (exact) mass is 753 g/mol. The molecule has 2 aromatic rings. The standard InChI is InChI=1S/C38H59NO8S3/c1-34(2,3)26-20-24(21-27(32(26)42)35(4,5)6)48-38(12,13)49-25-22-28(36(7,8)9)33(43)29(23-25)37(10,11)16-18-47-31(41)15-14-30(40)39-17-19-50(44,45)46/h20-23,42-43H,14-19H2,1-13H3,(H,39,40)(H,44,45,46). The van der Waals surface area contributed by atoms with Crippen molar-refractivity contribution in [1.82, 2.24) is 5.32 Å². The lowest BCUT2D eigenvalue weighted by Crippen LogP contribution is -2.29. The number of nitrogens with one attached hydrogen (secondary N) is 1. The summed E-state index contributed by atoms with van der Waals surface area (Å²) in [7, 11) is -4.19. The van der Waals surface area contributed by atoms with Crippen molar-refractivity contribution >= 4 is 45.5 Å². The van der Waals surface area contributed by atoms with Crippen molar-refractivity contribution in [3.8, 4) is 11.5 Å². The van der Waals surface area contributed by atoms with E-state index in [1.165, 1.54) is 0 Å². The van der Waals surface area contributed by atoms with Gasteiger partial charge in [-0.15, -0.1) is 23.5 Å². The minimum absolute atomic E-state index is 0.0757. The Hall–Kier alpha value is -2.41. The molecule has 0 unspecified atom stereocenters. The summed E-state index contributed by atoms with van der Waals surface area (Å²) in [4.78, 5) is 26.4. The van der Waals surface area contributed by atoms with Crippen LogP contribution >= 0.6 is 23.5 Å². The van der Waals surface area contributed by atoms with Crippen LogP contribution in [0.4, 0.5) is 0 Å². The maximum absolute atomic E-state index is 12.4.